The zero-order valence-electron chi connectivity index (χ0n) is 21.3. The second-order valence-corrected chi connectivity index (χ2v) is 11.9. The summed E-state index contributed by atoms with van der Waals surface area (Å²) >= 11 is 31.3. The van der Waals surface area contributed by atoms with Gasteiger partial charge in [0.1, 0.15) is 10.4 Å². The van der Waals surface area contributed by atoms with E-state index in [1.54, 1.807) is 18.2 Å². The number of anilines is 3. The number of halogens is 5. The van der Waals surface area contributed by atoms with Crippen molar-refractivity contribution in [1.29, 1.82) is 5.26 Å². The molecule has 4 amide bonds. The lowest BCUT2D eigenvalue weighted by molar-refractivity contribution is -0.124. The number of nitrogens with zero attached hydrogens (tertiary/aromatic N) is 2. The molecule has 0 spiro atoms. The van der Waals surface area contributed by atoms with Crippen molar-refractivity contribution in [3.05, 3.63) is 86.4 Å². The second-order valence-electron chi connectivity index (χ2n) is 9.19. The number of amides is 4. The number of hydrogen-bond acceptors (Lipinski definition) is 5. The normalized spacial score (nSPS) is 16.7. The maximum Gasteiger partial charge on any atom is 0.257 e. The lowest BCUT2D eigenvalue weighted by Crippen LogP contribution is -2.33. The van der Waals surface area contributed by atoms with Gasteiger partial charge in [-0.15, -0.1) is 23.2 Å². The fourth-order valence-electron chi connectivity index (χ4n) is 4.47. The van der Waals surface area contributed by atoms with Gasteiger partial charge in [0.15, 0.2) is 0 Å². The predicted molar refractivity (Wildman–Crippen MR) is 160 cm³/mol. The van der Waals surface area contributed by atoms with Crippen molar-refractivity contribution >= 4 is 98.7 Å². The zero-order chi connectivity index (χ0) is 30.2. The van der Waals surface area contributed by atoms with E-state index in [4.69, 9.17) is 58.0 Å². The molecule has 0 aromatic heterocycles. The number of nitrogens with one attached hydrogen (secondary N) is 2. The van der Waals surface area contributed by atoms with Crippen LogP contribution >= 0.6 is 58.0 Å². The largest absolute Gasteiger partial charge is 0.326 e. The van der Waals surface area contributed by atoms with E-state index in [1.165, 1.54) is 50.2 Å². The SMILES string of the molecule is CC(=O)N(C(C)=O)c1ccc(NC(=O)c2cc(NC(=O)[C@@H]3[C@@H](c4cc(Cl)cc(Cl)c4)C3(Cl)Cl)ccc2Cl)c(C#N)c1. The van der Waals surface area contributed by atoms with Gasteiger partial charge in [0.2, 0.25) is 17.7 Å². The molecule has 3 aromatic carbocycles. The van der Waals surface area contributed by atoms with E-state index in [2.05, 4.69) is 10.6 Å². The Hall–Kier alpha value is -3.32. The van der Waals surface area contributed by atoms with Crippen LogP contribution in [0.1, 0.15) is 41.3 Å². The number of carbonyl (C=O) groups excluding carboxylic acids is 4. The van der Waals surface area contributed by atoms with Crippen molar-refractivity contribution in [3.8, 4) is 6.07 Å². The summed E-state index contributed by atoms with van der Waals surface area (Å²) in [6, 6.07) is 15.2. The predicted octanol–water partition coefficient (Wildman–Crippen LogP) is 7.20. The first-order valence-electron chi connectivity index (χ1n) is 11.9. The molecular weight excluding hydrogens is 634 g/mol. The van der Waals surface area contributed by atoms with Crippen LogP contribution in [0.15, 0.2) is 54.6 Å². The highest BCUT2D eigenvalue weighted by molar-refractivity contribution is 6.53. The van der Waals surface area contributed by atoms with Gasteiger partial charge in [-0.1, -0.05) is 34.8 Å². The fourth-order valence-corrected chi connectivity index (χ4v) is 6.04. The summed E-state index contributed by atoms with van der Waals surface area (Å²) in [7, 11) is 0. The molecule has 0 bridgehead atoms. The third kappa shape index (κ3) is 6.45. The van der Waals surface area contributed by atoms with Crippen molar-refractivity contribution in [2.75, 3.05) is 15.5 Å². The quantitative estimate of drug-likeness (QED) is 0.273. The first-order valence-corrected chi connectivity index (χ1v) is 13.7. The lowest BCUT2D eigenvalue weighted by Gasteiger charge is -2.18. The maximum atomic E-state index is 13.1. The molecule has 0 saturated heterocycles. The van der Waals surface area contributed by atoms with Gasteiger partial charge in [0.25, 0.3) is 5.91 Å². The number of hydrogen-bond donors (Lipinski definition) is 2. The number of imide groups is 1. The Morgan fingerprint density at radius 1 is 0.878 bits per heavy atom. The fraction of sp³-hybridized carbons (Fsp3) is 0.179. The van der Waals surface area contributed by atoms with E-state index in [-0.39, 0.29) is 33.2 Å². The highest BCUT2D eigenvalue weighted by Gasteiger charge is 2.67. The standard InChI is InChI=1S/C28H19Cl5N4O4/c1-13(38)37(14(2)39)20-4-6-23(16(9-20)12-34)36-26(40)21-11-19(3-5-22(21)31)35-27(41)25-24(28(25,32)33)15-7-17(29)10-18(30)8-15/h3-11,24-25H,1-2H3,(H,35,41)(H,36,40)/t24-,25+/m1/s1. The van der Waals surface area contributed by atoms with Crippen molar-refractivity contribution < 1.29 is 19.2 Å². The Balaban J connectivity index is 1.53. The number of carbonyl (C=O) groups is 4. The Morgan fingerprint density at radius 2 is 1.51 bits per heavy atom. The maximum absolute atomic E-state index is 13.1. The third-order valence-electron chi connectivity index (χ3n) is 6.32. The lowest BCUT2D eigenvalue weighted by atomic mass is 10.1. The van der Waals surface area contributed by atoms with Gasteiger partial charge in [-0.3, -0.25) is 24.1 Å². The van der Waals surface area contributed by atoms with Gasteiger partial charge in [-0.2, -0.15) is 5.26 Å². The van der Waals surface area contributed by atoms with E-state index < -0.39 is 39.8 Å². The van der Waals surface area contributed by atoms with Crippen molar-refractivity contribution in [1.82, 2.24) is 0 Å². The van der Waals surface area contributed by atoms with E-state index >= 15 is 0 Å². The molecule has 0 heterocycles. The molecule has 1 fully saturated rings. The highest BCUT2D eigenvalue weighted by atomic mass is 35.5. The zero-order valence-corrected chi connectivity index (χ0v) is 25.0. The molecule has 210 valence electrons. The number of alkyl halides is 2. The average molecular weight is 653 g/mol. The molecule has 1 aliphatic rings. The van der Waals surface area contributed by atoms with Gasteiger partial charge in [0, 0.05) is 35.5 Å². The molecule has 41 heavy (non-hydrogen) atoms. The van der Waals surface area contributed by atoms with Gasteiger partial charge in [0.05, 0.1) is 33.4 Å². The van der Waals surface area contributed by atoms with Crippen molar-refractivity contribution in [2.24, 2.45) is 5.92 Å². The van der Waals surface area contributed by atoms with Gasteiger partial charge in [-0.25, -0.2) is 0 Å². The monoisotopic (exact) mass is 650 g/mol. The Kier molecular flexibility index (Phi) is 8.88. The first kappa shape index (κ1) is 30.6. The summed E-state index contributed by atoms with van der Waals surface area (Å²) in [6.07, 6.45) is 0. The molecule has 1 saturated carbocycles. The van der Waals surface area contributed by atoms with Crippen LogP contribution in [0, 0.1) is 17.2 Å². The van der Waals surface area contributed by atoms with E-state index in [9.17, 15) is 24.4 Å². The molecule has 0 aliphatic heterocycles. The van der Waals surface area contributed by atoms with Crippen molar-refractivity contribution in [2.45, 2.75) is 24.1 Å². The van der Waals surface area contributed by atoms with Crippen LogP contribution in [0.25, 0.3) is 0 Å². The number of benzene rings is 3. The Labute approximate surface area is 260 Å². The van der Waals surface area contributed by atoms with Crippen LogP contribution in [0.5, 0.6) is 0 Å². The Morgan fingerprint density at radius 3 is 2.10 bits per heavy atom. The van der Waals surface area contributed by atoms with E-state index in [0.29, 0.717) is 15.6 Å². The molecule has 2 atom stereocenters. The van der Waals surface area contributed by atoms with Crippen LogP contribution in [-0.2, 0) is 14.4 Å². The van der Waals surface area contributed by atoms with Gasteiger partial charge in [-0.05, 0) is 60.2 Å². The summed E-state index contributed by atoms with van der Waals surface area (Å²) in [5.74, 6) is -3.61. The Bertz CT molecular complexity index is 1620. The summed E-state index contributed by atoms with van der Waals surface area (Å²) in [6.45, 7) is 2.43. The molecule has 13 heteroatoms. The smallest absolute Gasteiger partial charge is 0.257 e. The van der Waals surface area contributed by atoms with E-state index in [0.717, 1.165) is 4.90 Å². The topological polar surface area (TPSA) is 119 Å². The van der Waals surface area contributed by atoms with Crippen LogP contribution in [0.4, 0.5) is 17.1 Å². The van der Waals surface area contributed by atoms with E-state index in [1.807, 2.05) is 6.07 Å². The minimum Gasteiger partial charge on any atom is -0.326 e. The molecule has 0 unspecified atom stereocenters. The van der Waals surface area contributed by atoms with Gasteiger partial charge < -0.3 is 10.6 Å². The number of rotatable bonds is 6. The minimum atomic E-state index is -1.40. The van der Waals surface area contributed by atoms with Crippen molar-refractivity contribution in [3.63, 3.8) is 0 Å². The summed E-state index contributed by atoms with van der Waals surface area (Å²) in [4.78, 5) is 50.8. The van der Waals surface area contributed by atoms with Gasteiger partial charge >= 0.3 is 0 Å². The molecule has 3 aromatic rings. The van der Waals surface area contributed by atoms with Crippen LogP contribution in [0.2, 0.25) is 15.1 Å². The molecular formula is C28H19Cl5N4O4. The number of nitriles is 1. The third-order valence-corrected chi connectivity index (χ3v) is 8.02. The summed E-state index contributed by atoms with van der Waals surface area (Å²) < 4.78 is -1.40. The summed E-state index contributed by atoms with van der Waals surface area (Å²) in [5, 5.41) is 15.8. The molecule has 2 N–H and O–H groups in total. The molecule has 4 rings (SSSR count). The van der Waals surface area contributed by atoms with Crippen LogP contribution in [-0.4, -0.2) is 28.0 Å². The molecule has 1 aliphatic carbocycles. The van der Waals surface area contributed by atoms with Crippen LogP contribution in [0.3, 0.4) is 0 Å². The second kappa shape index (κ2) is 11.9. The summed E-state index contributed by atoms with van der Waals surface area (Å²) in [5.41, 5.74) is 1.16. The highest BCUT2D eigenvalue weighted by Crippen LogP contribution is 2.65. The molecule has 0 radical (unpaired) electrons. The van der Waals surface area contributed by atoms with Crippen LogP contribution < -0.4 is 15.5 Å². The first-order chi connectivity index (χ1) is 19.2. The molecule has 8 nitrogen and oxygen atoms in total. The average Bonchev–Trinajstić information content (AvgIpc) is 3.46. The minimum absolute atomic E-state index is 0.00325.